The Hall–Kier alpha value is -0.0500. The SMILES string of the molecule is O=C([C@H](O)C(O)CCBr)[C@H](O)[C@H](O)CO. The monoisotopic (exact) mass is 286 g/mol. The molecule has 0 aliphatic heterocycles. The van der Waals surface area contributed by atoms with Crippen LogP contribution in [0.15, 0.2) is 0 Å². The van der Waals surface area contributed by atoms with Crippen molar-refractivity contribution in [2.75, 3.05) is 11.9 Å². The minimum atomic E-state index is -1.89. The number of rotatable bonds is 7. The molecule has 0 aromatic rings. The first-order valence-electron chi connectivity index (χ1n) is 4.38. The van der Waals surface area contributed by atoms with E-state index < -0.39 is 36.8 Å². The largest absolute Gasteiger partial charge is 0.394 e. The van der Waals surface area contributed by atoms with Crippen LogP contribution in [0.2, 0.25) is 0 Å². The van der Waals surface area contributed by atoms with Gasteiger partial charge in [-0.3, -0.25) is 4.79 Å². The van der Waals surface area contributed by atoms with Gasteiger partial charge >= 0.3 is 0 Å². The molecule has 0 aliphatic rings. The molecule has 0 amide bonds. The van der Waals surface area contributed by atoms with Gasteiger partial charge in [0.25, 0.3) is 0 Å². The van der Waals surface area contributed by atoms with Gasteiger partial charge in [0.15, 0.2) is 5.78 Å². The number of aliphatic hydroxyl groups excluding tert-OH is 5. The van der Waals surface area contributed by atoms with Crippen molar-refractivity contribution in [2.24, 2.45) is 0 Å². The summed E-state index contributed by atoms with van der Waals surface area (Å²) in [6.07, 6.45) is -6.48. The fraction of sp³-hybridized carbons (Fsp3) is 0.875. The number of Topliss-reactive ketones (excluding diaryl/α,β-unsaturated/α-hetero) is 1. The molecule has 4 atom stereocenters. The lowest BCUT2D eigenvalue weighted by Crippen LogP contribution is -2.46. The molecule has 6 nitrogen and oxygen atoms in total. The number of halogens is 1. The first-order valence-corrected chi connectivity index (χ1v) is 5.50. The molecule has 1 unspecified atom stereocenters. The van der Waals surface area contributed by atoms with Gasteiger partial charge in [-0.15, -0.1) is 0 Å². The lowest BCUT2D eigenvalue weighted by Gasteiger charge is -2.21. The van der Waals surface area contributed by atoms with E-state index in [1.165, 1.54) is 0 Å². The lowest BCUT2D eigenvalue weighted by molar-refractivity contribution is -0.148. The number of carbonyl (C=O) groups excluding carboxylic acids is 1. The van der Waals surface area contributed by atoms with Crippen molar-refractivity contribution < 1.29 is 30.3 Å². The lowest BCUT2D eigenvalue weighted by atomic mass is 10.0. The van der Waals surface area contributed by atoms with Crippen LogP contribution in [0.25, 0.3) is 0 Å². The van der Waals surface area contributed by atoms with Crippen LogP contribution in [-0.4, -0.2) is 67.7 Å². The summed E-state index contributed by atoms with van der Waals surface area (Å²) in [5, 5.41) is 45.4. The van der Waals surface area contributed by atoms with Crippen molar-refractivity contribution in [1.82, 2.24) is 0 Å². The van der Waals surface area contributed by atoms with E-state index in [9.17, 15) is 15.0 Å². The fourth-order valence-electron chi connectivity index (χ4n) is 0.924. The molecule has 90 valence electrons. The maximum atomic E-state index is 11.2. The molecular formula is C8H15BrO6. The highest BCUT2D eigenvalue weighted by Gasteiger charge is 2.32. The zero-order valence-electron chi connectivity index (χ0n) is 7.95. The Kier molecular flexibility index (Phi) is 7.24. The Morgan fingerprint density at radius 1 is 1.07 bits per heavy atom. The Morgan fingerprint density at radius 2 is 1.53 bits per heavy atom. The van der Waals surface area contributed by atoms with Crippen molar-refractivity contribution in [3.8, 4) is 0 Å². The normalized spacial score (nSPS) is 19.3. The number of alkyl halides is 1. The predicted molar refractivity (Wildman–Crippen MR) is 54.5 cm³/mol. The van der Waals surface area contributed by atoms with Crippen molar-refractivity contribution in [3.05, 3.63) is 0 Å². The molecule has 0 radical (unpaired) electrons. The average Bonchev–Trinajstić information content (AvgIpc) is 2.25. The van der Waals surface area contributed by atoms with Crippen LogP contribution in [0, 0.1) is 0 Å². The van der Waals surface area contributed by atoms with Gasteiger partial charge in [-0.2, -0.15) is 0 Å². The third-order valence-electron chi connectivity index (χ3n) is 1.90. The number of hydrogen-bond acceptors (Lipinski definition) is 6. The number of hydrogen-bond donors (Lipinski definition) is 5. The van der Waals surface area contributed by atoms with Crippen LogP contribution in [0.5, 0.6) is 0 Å². The molecule has 0 bridgehead atoms. The third kappa shape index (κ3) is 4.54. The molecule has 0 aliphatic carbocycles. The van der Waals surface area contributed by atoms with E-state index in [4.69, 9.17) is 15.3 Å². The first kappa shape index (κ1) is 14.9. The summed E-state index contributed by atoms with van der Waals surface area (Å²) in [6.45, 7) is -0.797. The predicted octanol–water partition coefficient (Wildman–Crippen LogP) is -2.22. The zero-order chi connectivity index (χ0) is 12.0. The van der Waals surface area contributed by atoms with Crippen molar-refractivity contribution in [1.29, 1.82) is 0 Å². The van der Waals surface area contributed by atoms with Gasteiger partial charge in [-0.05, 0) is 6.42 Å². The molecule has 7 heteroatoms. The van der Waals surface area contributed by atoms with Gasteiger partial charge in [0, 0.05) is 5.33 Å². The third-order valence-corrected chi connectivity index (χ3v) is 2.36. The molecule has 15 heavy (non-hydrogen) atoms. The summed E-state index contributed by atoms with van der Waals surface area (Å²) in [5.41, 5.74) is 0. The second-order valence-electron chi connectivity index (χ2n) is 3.09. The summed E-state index contributed by atoms with van der Waals surface area (Å²) >= 11 is 3.01. The molecule has 0 fully saturated rings. The minimum Gasteiger partial charge on any atom is -0.394 e. The summed E-state index contributed by atoms with van der Waals surface area (Å²) < 4.78 is 0. The molecule has 0 saturated heterocycles. The standard InChI is InChI=1S/C8H15BrO6/c9-2-1-4(11)6(13)8(15)7(14)5(12)3-10/h4-7,10-14H,1-3H2/t4?,5-,6-,7-/m1/s1. The highest BCUT2D eigenvalue weighted by atomic mass is 79.9. The van der Waals surface area contributed by atoms with Crippen LogP contribution >= 0.6 is 15.9 Å². The molecule has 0 spiro atoms. The Labute approximate surface area is 95.3 Å². The molecule has 0 heterocycles. The zero-order valence-corrected chi connectivity index (χ0v) is 9.54. The summed E-state index contributed by atoms with van der Waals surface area (Å²) in [6, 6.07) is 0. The number of ketones is 1. The second kappa shape index (κ2) is 7.26. The fourth-order valence-corrected chi connectivity index (χ4v) is 1.39. The average molecular weight is 287 g/mol. The van der Waals surface area contributed by atoms with E-state index in [-0.39, 0.29) is 6.42 Å². The Morgan fingerprint density at radius 3 is 1.93 bits per heavy atom. The van der Waals surface area contributed by atoms with Crippen LogP contribution in [0.4, 0.5) is 0 Å². The van der Waals surface area contributed by atoms with Gasteiger partial charge in [-0.1, -0.05) is 15.9 Å². The van der Waals surface area contributed by atoms with E-state index in [1.807, 2.05) is 0 Å². The summed E-state index contributed by atoms with van der Waals surface area (Å²) in [4.78, 5) is 11.2. The van der Waals surface area contributed by atoms with Gasteiger partial charge in [-0.25, -0.2) is 0 Å². The minimum absolute atomic E-state index is 0.134. The van der Waals surface area contributed by atoms with Crippen LogP contribution < -0.4 is 0 Å². The van der Waals surface area contributed by atoms with Crippen LogP contribution in [0.3, 0.4) is 0 Å². The smallest absolute Gasteiger partial charge is 0.195 e. The molecular weight excluding hydrogens is 272 g/mol. The summed E-state index contributed by atoms with van der Waals surface area (Å²) in [5.74, 6) is -1.11. The van der Waals surface area contributed by atoms with E-state index in [0.717, 1.165) is 0 Å². The van der Waals surface area contributed by atoms with E-state index in [2.05, 4.69) is 15.9 Å². The van der Waals surface area contributed by atoms with Crippen LogP contribution in [0.1, 0.15) is 6.42 Å². The highest BCUT2D eigenvalue weighted by molar-refractivity contribution is 9.09. The van der Waals surface area contributed by atoms with Crippen molar-refractivity contribution in [2.45, 2.75) is 30.8 Å². The van der Waals surface area contributed by atoms with E-state index in [1.54, 1.807) is 0 Å². The van der Waals surface area contributed by atoms with Gasteiger partial charge in [0.2, 0.25) is 0 Å². The molecule has 5 N–H and O–H groups in total. The number of carbonyl (C=O) groups is 1. The summed E-state index contributed by atoms with van der Waals surface area (Å²) in [7, 11) is 0. The maximum absolute atomic E-state index is 11.2. The second-order valence-corrected chi connectivity index (χ2v) is 3.88. The molecule has 0 rings (SSSR count). The van der Waals surface area contributed by atoms with Gasteiger partial charge in [0.1, 0.15) is 18.3 Å². The van der Waals surface area contributed by atoms with E-state index in [0.29, 0.717) is 5.33 Å². The van der Waals surface area contributed by atoms with Crippen molar-refractivity contribution >= 4 is 21.7 Å². The first-order chi connectivity index (χ1) is 6.95. The molecule has 0 saturated carbocycles. The topological polar surface area (TPSA) is 118 Å². The van der Waals surface area contributed by atoms with E-state index >= 15 is 0 Å². The van der Waals surface area contributed by atoms with Gasteiger partial charge < -0.3 is 25.5 Å². The molecule has 0 aromatic carbocycles. The van der Waals surface area contributed by atoms with Gasteiger partial charge in [0.05, 0.1) is 12.7 Å². The highest BCUT2D eigenvalue weighted by Crippen LogP contribution is 2.07. The Balaban J connectivity index is 4.30. The Bertz CT molecular complexity index is 200. The van der Waals surface area contributed by atoms with Crippen LogP contribution in [-0.2, 0) is 4.79 Å². The molecule has 0 aromatic heterocycles. The quantitative estimate of drug-likeness (QED) is 0.338. The van der Waals surface area contributed by atoms with Crippen molar-refractivity contribution in [3.63, 3.8) is 0 Å². The maximum Gasteiger partial charge on any atom is 0.195 e. The number of aliphatic hydroxyl groups is 5.